The average Bonchev–Trinajstić information content (AvgIpc) is 3.52. The maximum absolute atomic E-state index is 13.9. The molecule has 3 saturated heterocycles. The van der Waals surface area contributed by atoms with Gasteiger partial charge in [-0.2, -0.15) is 13.2 Å². The number of piperidine rings is 3. The van der Waals surface area contributed by atoms with E-state index < -0.39 is 35.5 Å². The molecule has 0 bridgehead atoms. The Hall–Kier alpha value is -3.04. The predicted octanol–water partition coefficient (Wildman–Crippen LogP) is 5.91. The Labute approximate surface area is 284 Å². The highest BCUT2D eigenvalue weighted by atomic mass is 79.9. The van der Waals surface area contributed by atoms with Crippen molar-refractivity contribution in [1.29, 1.82) is 0 Å². The number of ether oxygens (including phenoxy) is 1. The highest BCUT2D eigenvalue weighted by molar-refractivity contribution is 9.10. The Kier molecular flexibility index (Phi) is 10.2. The molecule has 2 aromatic rings. The summed E-state index contributed by atoms with van der Waals surface area (Å²) in [6, 6.07) is 2.12. The van der Waals surface area contributed by atoms with Crippen LogP contribution >= 0.6 is 27.3 Å². The van der Waals surface area contributed by atoms with Crippen molar-refractivity contribution in [3.05, 3.63) is 44.1 Å². The topological polar surface area (TPSA) is 120 Å². The number of nitrogens with zero attached hydrogens (tertiary/aromatic N) is 3. The fraction of sp³-hybridized carbons (Fsp3) is 0.594. The fourth-order valence-electron chi connectivity index (χ4n) is 7.38. The summed E-state index contributed by atoms with van der Waals surface area (Å²) in [5, 5.41) is 10.2. The van der Waals surface area contributed by atoms with Gasteiger partial charge in [0.1, 0.15) is 0 Å². The van der Waals surface area contributed by atoms with Crippen molar-refractivity contribution in [2.24, 2.45) is 11.8 Å². The van der Waals surface area contributed by atoms with Crippen LogP contribution in [0.4, 0.5) is 34.1 Å². The van der Waals surface area contributed by atoms with Crippen LogP contribution in [0.3, 0.4) is 0 Å². The minimum Gasteiger partial charge on any atom is -0.436 e. The molecule has 0 saturated carbocycles. The van der Waals surface area contributed by atoms with Crippen LogP contribution in [0.1, 0.15) is 55.2 Å². The Morgan fingerprint density at radius 3 is 2.34 bits per heavy atom. The van der Waals surface area contributed by atoms with Crippen LogP contribution < -0.4 is 16.4 Å². The number of hydrogen-bond donors (Lipinski definition) is 3. The van der Waals surface area contributed by atoms with Crippen molar-refractivity contribution < 1.29 is 32.3 Å². The molecule has 0 radical (unpaired) electrons. The molecule has 4 aliphatic heterocycles. The van der Waals surface area contributed by atoms with Crippen molar-refractivity contribution in [2.45, 2.75) is 69.8 Å². The second-order valence-electron chi connectivity index (χ2n) is 13.0. The van der Waals surface area contributed by atoms with Crippen LogP contribution in [-0.2, 0) is 28.7 Å². The zero-order valence-corrected chi connectivity index (χ0v) is 28.4. The monoisotopic (exact) mass is 740 g/mol. The summed E-state index contributed by atoms with van der Waals surface area (Å²) in [6.45, 7) is 4.15. The second kappa shape index (κ2) is 14.2. The van der Waals surface area contributed by atoms with Gasteiger partial charge in [0.2, 0.25) is 0 Å². The lowest BCUT2D eigenvalue weighted by molar-refractivity contribution is -0.142. The highest BCUT2D eigenvalue weighted by Gasteiger charge is 2.38. The normalized spacial score (nSPS) is 20.9. The number of thiophene rings is 1. The Morgan fingerprint density at radius 2 is 1.66 bits per heavy atom. The molecular weight excluding hydrogens is 701 g/mol. The molecule has 47 heavy (non-hydrogen) atoms. The van der Waals surface area contributed by atoms with E-state index in [9.17, 15) is 27.6 Å². The number of carbonyl (C=O) groups is 3. The quantitative estimate of drug-likeness (QED) is 0.317. The summed E-state index contributed by atoms with van der Waals surface area (Å²) in [4.78, 5) is 45.1. The van der Waals surface area contributed by atoms with E-state index >= 15 is 0 Å². The SMILES string of the molecule is Nc1c(Br)cc(C[C@@H](OC(=O)N2CCC(N3Cc4cscc4NC3=O)CC2)C(=O)N2CCC(C3CCNCC3)CC2)cc1C(F)(F)F. The number of anilines is 2. The van der Waals surface area contributed by atoms with Crippen molar-refractivity contribution in [2.75, 3.05) is 50.3 Å². The van der Waals surface area contributed by atoms with Crippen LogP contribution in [-0.4, -0.2) is 84.1 Å². The van der Waals surface area contributed by atoms with Gasteiger partial charge in [-0.1, -0.05) is 0 Å². The lowest BCUT2D eigenvalue weighted by Gasteiger charge is -2.40. The van der Waals surface area contributed by atoms with Crippen LogP contribution in [0.25, 0.3) is 0 Å². The van der Waals surface area contributed by atoms with Gasteiger partial charge in [0.25, 0.3) is 5.91 Å². The first kappa shape index (κ1) is 33.8. The summed E-state index contributed by atoms with van der Waals surface area (Å²) >= 11 is 4.66. The fourth-order valence-corrected chi connectivity index (χ4v) is 8.67. The van der Waals surface area contributed by atoms with Gasteiger partial charge in [-0.25, -0.2) is 9.59 Å². The number of carbonyl (C=O) groups excluding carboxylic acids is 3. The molecule has 256 valence electrons. The number of rotatable bonds is 6. The van der Waals surface area contributed by atoms with Crippen LogP contribution in [0.15, 0.2) is 27.4 Å². The summed E-state index contributed by atoms with van der Waals surface area (Å²) < 4.78 is 47.3. The molecule has 0 unspecified atom stereocenters. The Bertz CT molecular complexity index is 1470. The van der Waals surface area contributed by atoms with Crippen LogP contribution in [0, 0.1) is 11.8 Å². The lowest BCUT2D eigenvalue weighted by Crippen LogP contribution is -2.52. The van der Waals surface area contributed by atoms with Gasteiger partial charge in [-0.15, -0.1) is 11.3 Å². The largest absolute Gasteiger partial charge is 0.436 e. The van der Waals surface area contributed by atoms with Gasteiger partial charge >= 0.3 is 18.3 Å². The van der Waals surface area contributed by atoms with Gasteiger partial charge in [-0.05, 0) is 102 Å². The number of hydrogen-bond acceptors (Lipinski definition) is 7. The van der Waals surface area contributed by atoms with Crippen molar-refractivity contribution in [3.8, 4) is 0 Å². The second-order valence-corrected chi connectivity index (χ2v) is 14.5. The molecule has 0 aliphatic carbocycles. The number of nitrogen functional groups attached to an aromatic ring is 1. The van der Waals surface area contributed by atoms with Gasteiger partial charge in [0, 0.05) is 54.1 Å². The third kappa shape index (κ3) is 7.67. The molecule has 5 heterocycles. The summed E-state index contributed by atoms with van der Waals surface area (Å²) in [5.74, 6) is 0.718. The number of amides is 4. The third-order valence-electron chi connectivity index (χ3n) is 10.1. The molecule has 0 spiro atoms. The van der Waals surface area contributed by atoms with E-state index in [0.29, 0.717) is 57.4 Å². The molecule has 1 aromatic carbocycles. The summed E-state index contributed by atoms with van der Waals surface area (Å²) in [6.07, 6.45) is -1.96. The van der Waals surface area contributed by atoms with E-state index in [-0.39, 0.29) is 28.5 Å². The minimum absolute atomic E-state index is 0.0565. The number of fused-ring (bicyclic) bond motifs is 1. The van der Waals surface area contributed by atoms with E-state index in [2.05, 4.69) is 26.6 Å². The molecule has 1 atom stereocenters. The number of urea groups is 1. The lowest BCUT2D eigenvalue weighted by atomic mass is 9.79. The predicted molar refractivity (Wildman–Crippen MR) is 176 cm³/mol. The van der Waals surface area contributed by atoms with E-state index in [4.69, 9.17) is 10.5 Å². The molecular formula is C32H40BrF3N6O4S. The number of nitrogens with one attached hydrogen (secondary N) is 2. The van der Waals surface area contributed by atoms with E-state index in [1.54, 1.807) is 9.80 Å². The van der Waals surface area contributed by atoms with Crippen molar-refractivity contribution in [3.63, 3.8) is 0 Å². The minimum atomic E-state index is -4.70. The molecule has 3 fully saturated rings. The van der Waals surface area contributed by atoms with E-state index in [1.165, 1.54) is 22.3 Å². The van der Waals surface area contributed by atoms with Gasteiger partial charge < -0.3 is 35.8 Å². The maximum atomic E-state index is 13.9. The zero-order valence-electron chi connectivity index (χ0n) is 26.0. The third-order valence-corrected chi connectivity index (χ3v) is 11.5. The van der Waals surface area contributed by atoms with Crippen molar-refractivity contribution >= 4 is 56.7 Å². The maximum Gasteiger partial charge on any atom is 0.418 e. The number of halogens is 4. The molecule has 4 amide bonds. The first-order valence-electron chi connectivity index (χ1n) is 16.2. The smallest absolute Gasteiger partial charge is 0.418 e. The molecule has 1 aromatic heterocycles. The average molecular weight is 742 g/mol. The van der Waals surface area contributed by atoms with Crippen molar-refractivity contribution in [1.82, 2.24) is 20.0 Å². The highest BCUT2D eigenvalue weighted by Crippen LogP contribution is 2.39. The van der Waals surface area contributed by atoms with Gasteiger partial charge in [-0.3, -0.25) is 4.79 Å². The van der Waals surface area contributed by atoms with Crippen LogP contribution in [0.5, 0.6) is 0 Å². The van der Waals surface area contributed by atoms with Gasteiger partial charge in [0.05, 0.1) is 23.5 Å². The Balaban J connectivity index is 1.13. The first-order valence-corrected chi connectivity index (χ1v) is 17.9. The van der Waals surface area contributed by atoms with Gasteiger partial charge in [0.15, 0.2) is 6.10 Å². The number of alkyl halides is 3. The number of benzene rings is 1. The standard InChI is InChI=1S/C32H40BrF3N6O4S/c33-25-14-19(13-24(28(25)37)32(34,35)36)15-27(29(43)40-9-3-21(4-10-40)20-1-7-38-8-2-20)46-31(45)41-11-5-23(6-12-41)42-16-22-17-47-18-26(22)39-30(42)44/h13-14,17-18,20-21,23,27,38H,1-12,15-16,37H2,(H,39,44)/t27-/m1/s1. The Morgan fingerprint density at radius 1 is 1.00 bits per heavy atom. The summed E-state index contributed by atoms with van der Waals surface area (Å²) in [7, 11) is 0. The molecule has 6 rings (SSSR count). The zero-order chi connectivity index (χ0) is 33.3. The van der Waals surface area contributed by atoms with E-state index in [0.717, 1.165) is 56.1 Å². The summed E-state index contributed by atoms with van der Waals surface area (Å²) in [5.41, 5.74) is 6.33. The molecule has 15 heteroatoms. The molecule has 4 N–H and O–H groups in total. The van der Waals surface area contributed by atoms with E-state index in [1.807, 2.05) is 10.8 Å². The number of nitrogens with two attached hydrogens (primary N) is 1. The number of likely N-dealkylation sites (tertiary alicyclic amines) is 2. The molecule has 4 aliphatic rings. The first-order chi connectivity index (χ1) is 22.5. The van der Waals surface area contributed by atoms with Crippen LogP contribution in [0.2, 0.25) is 0 Å². The molecule has 10 nitrogen and oxygen atoms in total.